The number of benzene rings is 1. The predicted octanol–water partition coefficient (Wildman–Crippen LogP) is 1.34. The molecule has 1 fully saturated rings. The molecule has 1 aliphatic rings. The Kier molecular flexibility index (Phi) is 5.61. The number of hydrogen-bond acceptors (Lipinski definition) is 4. The zero-order valence-electron chi connectivity index (χ0n) is 12.8. The van der Waals surface area contributed by atoms with Crippen LogP contribution in [-0.4, -0.2) is 62.7 Å². The Labute approximate surface area is 127 Å². The maximum Gasteiger partial charge on any atom is 0.213 e. The molecule has 1 aromatic rings. The molecule has 0 amide bonds. The SMILES string of the molecule is CCS(=O)(=O)N1CCN(CCOc2ccc(C)cc2)CC1. The molecule has 1 heterocycles. The lowest BCUT2D eigenvalue weighted by Gasteiger charge is -2.33. The largest absolute Gasteiger partial charge is 0.492 e. The molecule has 0 aromatic heterocycles. The van der Waals surface area contributed by atoms with E-state index in [1.54, 1.807) is 11.2 Å². The average molecular weight is 312 g/mol. The van der Waals surface area contributed by atoms with Crippen molar-refractivity contribution >= 4 is 10.0 Å². The summed E-state index contributed by atoms with van der Waals surface area (Å²) in [5.74, 6) is 1.07. The highest BCUT2D eigenvalue weighted by Crippen LogP contribution is 2.12. The summed E-state index contributed by atoms with van der Waals surface area (Å²) in [6, 6.07) is 8.01. The topological polar surface area (TPSA) is 49.9 Å². The lowest BCUT2D eigenvalue weighted by atomic mass is 10.2. The first kappa shape index (κ1) is 16.3. The molecular formula is C15H24N2O3S. The summed E-state index contributed by atoms with van der Waals surface area (Å²) in [7, 11) is -3.04. The highest BCUT2D eigenvalue weighted by atomic mass is 32.2. The third kappa shape index (κ3) is 4.69. The number of ether oxygens (including phenoxy) is 1. The van der Waals surface area contributed by atoms with E-state index in [0.29, 0.717) is 19.7 Å². The van der Waals surface area contributed by atoms with Gasteiger partial charge in [-0.15, -0.1) is 0 Å². The monoisotopic (exact) mass is 312 g/mol. The van der Waals surface area contributed by atoms with Gasteiger partial charge in [0.25, 0.3) is 0 Å². The van der Waals surface area contributed by atoms with Crippen molar-refractivity contribution < 1.29 is 13.2 Å². The van der Waals surface area contributed by atoms with Gasteiger partial charge in [0, 0.05) is 32.7 Å². The van der Waals surface area contributed by atoms with Gasteiger partial charge in [0.05, 0.1) is 5.75 Å². The van der Waals surface area contributed by atoms with Crippen LogP contribution in [0.1, 0.15) is 12.5 Å². The van der Waals surface area contributed by atoms with E-state index in [2.05, 4.69) is 4.90 Å². The number of sulfonamides is 1. The molecule has 5 nitrogen and oxygen atoms in total. The standard InChI is InChI=1S/C15H24N2O3S/c1-3-21(18,19)17-10-8-16(9-11-17)12-13-20-15-6-4-14(2)5-7-15/h4-7H,3,8-13H2,1-2H3. The van der Waals surface area contributed by atoms with Gasteiger partial charge >= 0.3 is 0 Å². The predicted molar refractivity (Wildman–Crippen MR) is 84.1 cm³/mol. The lowest BCUT2D eigenvalue weighted by molar-refractivity contribution is 0.159. The van der Waals surface area contributed by atoms with Gasteiger partial charge in [-0.3, -0.25) is 4.90 Å². The second-order valence-corrected chi connectivity index (χ2v) is 7.56. The molecule has 118 valence electrons. The van der Waals surface area contributed by atoms with Crippen molar-refractivity contribution in [3.05, 3.63) is 29.8 Å². The van der Waals surface area contributed by atoms with E-state index < -0.39 is 10.0 Å². The van der Waals surface area contributed by atoms with E-state index in [9.17, 15) is 8.42 Å². The number of rotatable bonds is 6. The van der Waals surface area contributed by atoms with Gasteiger partial charge in [-0.1, -0.05) is 17.7 Å². The molecule has 0 saturated carbocycles. The van der Waals surface area contributed by atoms with E-state index >= 15 is 0 Å². The Morgan fingerprint density at radius 1 is 1.10 bits per heavy atom. The van der Waals surface area contributed by atoms with Gasteiger partial charge in [-0.2, -0.15) is 4.31 Å². The number of hydrogen-bond donors (Lipinski definition) is 0. The first-order valence-electron chi connectivity index (χ1n) is 7.41. The van der Waals surface area contributed by atoms with Crippen LogP contribution in [0, 0.1) is 6.92 Å². The highest BCUT2D eigenvalue weighted by molar-refractivity contribution is 7.89. The Morgan fingerprint density at radius 3 is 2.29 bits per heavy atom. The van der Waals surface area contributed by atoms with Crippen LogP contribution in [0.5, 0.6) is 5.75 Å². The molecule has 0 unspecified atom stereocenters. The summed E-state index contributed by atoms with van der Waals surface area (Å²) in [5.41, 5.74) is 1.22. The van der Waals surface area contributed by atoms with Gasteiger partial charge in [-0.05, 0) is 26.0 Å². The van der Waals surface area contributed by atoms with Crippen LogP contribution in [0.4, 0.5) is 0 Å². The molecule has 6 heteroatoms. The van der Waals surface area contributed by atoms with Gasteiger partial charge in [0.15, 0.2) is 0 Å². The quantitative estimate of drug-likeness (QED) is 0.795. The molecular weight excluding hydrogens is 288 g/mol. The minimum absolute atomic E-state index is 0.184. The maximum atomic E-state index is 11.8. The van der Waals surface area contributed by atoms with Crippen LogP contribution in [0.2, 0.25) is 0 Å². The normalized spacial score (nSPS) is 17.8. The zero-order valence-corrected chi connectivity index (χ0v) is 13.6. The van der Waals surface area contributed by atoms with Crippen LogP contribution in [0.15, 0.2) is 24.3 Å². The van der Waals surface area contributed by atoms with Crippen molar-refractivity contribution in [2.75, 3.05) is 45.1 Å². The van der Waals surface area contributed by atoms with E-state index in [-0.39, 0.29) is 5.75 Å². The van der Waals surface area contributed by atoms with Crippen LogP contribution in [0.25, 0.3) is 0 Å². The van der Waals surface area contributed by atoms with Crippen LogP contribution >= 0.6 is 0 Å². The molecule has 1 aliphatic heterocycles. The van der Waals surface area contributed by atoms with Crippen molar-refractivity contribution in [2.24, 2.45) is 0 Å². The second-order valence-electron chi connectivity index (χ2n) is 5.30. The van der Waals surface area contributed by atoms with Gasteiger partial charge in [-0.25, -0.2) is 8.42 Å². The molecule has 21 heavy (non-hydrogen) atoms. The van der Waals surface area contributed by atoms with E-state index in [1.165, 1.54) is 5.56 Å². The molecule has 0 atom stereocenters. The third-order valence-corrected chi connectivity index (χ3v) is 5.67. The Hall–Kier alpha value is -1.11. The summed E-state index contributed by atoms with van der Waals surface area (Å²) >= 11 is 0. The molecule has 0 aliphatic carbocycles. The molecule has 2 rings (SSSR count). The van der Waals surface area contributed by atoms with E-state index in [0.717, 1.165) is 25.4 Å². The van der Waals surface area contributed by atoms with Crippen LogP contribution < -0.4 is 4.74 Å². The Bertz CT molecular complexity index is 535. The van der Waals surface area contributed by atoms with E-state index in [1.807, 2.05) is 31.2 Å². The summed E-state index contributed by atoms with van der Waals surface area (Å²) in [6.45, 7) is 7.91. The molecule has 0 spiro atoms. The number of aryl methyl sites for hydroxylation is 1. The van der Waals surface area contributed by atoms with Crippen LogP contribution in [0.3, 0.4) is 0 Å². The summed E-state index contributed by atoms with van der Waals surface area (Å²) in [4.78, 5) is 2.25. The zero-order chi connectivity index (χ0) is 15.3. The van der Waals surface area contributed by atoms with Gasteiger partial charge in [0.2, 0.25) is 10.0 Å². The van der Waals surface area contributed by atoms with Crippen molar-refractivity contribution in [3.8, 4) is 5.75 Å². The molecule has 0 radical (unpaired) electrons. The van der Waals surface area contributed by atoms with Gasteiger partial charge < -0.3 is 4.74 Å². The van der Waals surface area contributed by atoms with Crippen molar-refractivity contribution in [1.82, 2.24) is 9.21 Å². The Morgan fingerprint density at radius 2 is 1.71 bits per heavy atom. The lowest BCUT2D eigenvalue weighted by Crippen LogP contribution is -2.49. The van der Waals surface area contributed by atoms with Crippen LogP contribution in [-0.2, 0) is 10.0 Å². The molecule has 1 saturated heterocycles. The molecule has 1 aromatic carbocycles. The Balaban J connectivity index is 1.71. The highest BCUT2D eigenvalue weighted by Gasteiger charge is 2.24. The third-order valence-electron chi connectivity index (χ3n) is 3.79. The summed E-state index contributed by atoms with van der Waals surface area (Å²) < 4.78 is 30.8. The molecule has 0 N–H and O–H groups in total. The maximum absolute atomic E-state index is 11.8. The minimum Gasteiger partial charge on any atom is -0.492 e. The fraction of sp³-hybridized carbons (Fsp3) is 0.600. The van der Waals surface area contributed by atoms with Crippen molar-refractivity contribution in [2.45, 2.75) is 13.8 Å². The summed E-state index contributed by atoms with van der Waals surface area (Å²) in [5, 5.41) is 0. The van der Waals surface area contributed by atoms with Gasteiger partial charge in [0.1, 0.15) is 12.4 Å². The summed E-state index contributed by atoms with van der Waals surface area (Å²) in [6.07, 6.45) is 0. The minimum atomic E-state index is -3.04. The average Bonchev–Trinajstić information content (AvgIpc) is 2.50. The van der Waals surface area contributed by atoms with Crippen molar-refractivity contribution in [1.29, 1.82) is 0 Å². The number of piperazine rings is 1. The smallest absolute Gasteiger partial charge is 0.213 e. The van der Waals surface area contributed by atoms with Crippen molar-refractivity contribution in [3.63, 3.8) is 0 Å². The van der Waals surface area contributed by atoms with E-state index in [4.69, 9.17) is 4.74 Å². The fourth-order valence-corrected chi connectivity index (χ4v) is 3.43. The first-order valence-corrected chi connectivity index (χ1v) is 9.02. The first-order chi connectivity index (χ1) is 10.0. The number of nitrogens with zero attached hydrogens (tertiary/aromatic N) is 2. The second kappa shape index (κ2) is 7.24. The molecule has 0 bridgehead atoms. The fourth-order valence-electron chi connectivity index (χ4n) is 2.34.